The number of ether oxygens (including phenoxy) is 1. The molecule has 1 heterocycles. The van der Waals surface area contributed by atoms with E-state index in [-0.39, 0.29) is 6.04 Å². The Hall–Kier alpha value is -2.48. The Morgan fingerprint density at radius 2 is 2.09 bits per heavy atom. The number of benzene rings is 1. The zero-order valence-corrected chi connectivity index (χ0v) is 13.6. The molecule has 0 radical (unpaired) electrons. The van der Waals surface area contributed by atoms with Crippen molar-refractivity contribution in [2.45, 2.75) is 46.8 Å². The summed E-state index contributed by atoms with van der Waals surface area (Å²) in [4.78, 5) is 0. The lowest BCUT2D eigenvalue weighted by Crippen LogP contribution is -2.09. The van der Waals surface area contributed by atoms with Gasteiger partial charge in [-0.2, -0.15) is 5.26 Å². The first kappa shape index (κ1) is 15.9. The van der Waals surface area contributed by atoms with Crippen LogP contribution in [0, 0.1) is 25.2 Å². The second-order valence-electron chi connectivity index (χ2n) is 5.59. The summed E-state index contributed by atoms with van der Waals surface area (Å²) in [5.74, 6) is 0.672. The van der Waals surface area contributed by atoms with E-state index in [4.69, 9.17) is 10.5 Å². The molecule has 1 aromatic carbocycles. The molecular formula is C17H22N4O. The standard InChI is InChI=1S/C17H22N4O/c1-5-13(4)21-16(19)15(9-18)17(20-21)22-10-14-7-6-11(2)12(3)8-14/h6-8,13H,5,10,19H2,1-4H3. The van der Waals surface area contributed by atoms with Crippen molar-refractivity contribution < 1.29 is 4.74 Å². The number of aryl methyl sites for hydroxylation is 2. The molecule has 5 nitrogen and oxygen atoms in total. The van der Waals surface area contributed by atoms with Crippen molar-refractivity contribution in [2.75, 3.05) is 5.73 Å². The summed E-state index contributed by atoms with van der Waals surface area (Å²) in [6, 6.07) is 8.38. The molecule has 0 saturated heterocycles. The smallest absolute Gasteiger partial charge is 0.253 e. The van der Waals surface area contributed by atoms with Gasteiger partial charge in [-0.25, -0.2) is 4.68 Å². The van der Waals surface area contributed by atoms with Crippen molar-refractivity contribution >= 4 is 5.82 Å². The van der Waals surface area contributed by atoms with E-state index in [0.717, 1.165) is 12.0 Å². The van der Waals surface area contributed by atoms with Gasteiger partial charge in [-0.1, -0.05) is 25.1 Å². The third kappa shape index (κ3) is 3.06. The van der Waals surface area contributed by atoms with E-state index in [2.05, 4.69) is 37.1 Å². The molecule has 0 aliphatic carbocycles. The maximum atomic E-state index is 9.28. The van der Waals surface area contributed by atoms with Gasteiger partial charge < -0.3 is 10.5 Å². The van der Waals surface area contributed by atoms with Crippen molar-refractivity contribution in [3.8, 4) is 11.9 Å². The molecule has 1 aromatic heterocycles. The first-order valence-corrected chi connectivity index (χ1v) is 7.44. The van der Waals surface area contributed by atoms with Crippen molar-refractivity contribution in [1.82, 2.24) is 9.78 Å². The van der Waals surface area contributed by atoms with Crippen LogP contribution in [-0.2, 0) is 6.61 Å². The van der Waals surface area contributed by atoms with Gasteiger partial charge in [0.2, 0.25) is 0 Å². The van der Waals surface area contributed by atoms with Crippen LogP contribution in [0.15, 0.2) is 18.2 Å². The highest BCUT2D eigenvalue weighted by Gasteiger charge is 2.19. The van der Waals surface area contributed by atoms with Crippen molar-refractivity contribution in [1.29, 1.82) is 5.26 Å². The first-order valence-electron chi connectivity index (χ1n) is 7.44. The van der Waals surface area contributed by atoms with Crippen molar-refractivity contribution in [2.24, 2.45) is 0 Å². The normalized spacial score (nSPS) is 12.0. The average molecular weight is 298 g/mol. The van der Waals surface area contributed by atoms with Crippen molar-refractivity contribution in [3.63, 3.8) is 0 Å². The lowest BCUT2D eigenvalue weighted by atomic mass is 10.1. The molecule has 0 aliphatic heterocycles. The SMILES string of the molecule is CCC(C)n1nc(OCc2ccc(C)c(C)c2)c(C#N)c1N. The second kappa shape index (κ2) is 6.52. The minimum Gasteiger partial charge on any atom is -0.471 e. The third-order valence-corrected chi connectivity index (χ3v) is 3.98. The molecule has 0 spiro atoms. The van der Waals surface area contributed by atoms with E-state index in [1.54, 1.807) is 4.68 Å². The van der Waals surface area contributed by atoms with Gasteiger partial charge in [-0.15, -0.1) is 5.10 Å². The monoisotopic (exact) mass is 298 g/mol. The number of hydrogen-bond donors (Lipinski definition) is 1. The molecule has 0 fully saturated rings. The predicted molar refractivity (Wildman–Crippen MR) is 86.6 cm³/mol. The summed E-state index contributed by atoms with van der Waals surface area (Å²) in [5.41, 5.74) is 9.81. The number of anilines is 1. The minimum absolute atomic E-state index is 0.131. The van der Waals surface area contributed by atoms with Crippen LogP contribution in [0.3, 0.4) is 0 Å². The molecule has 22 heavy (non-hydrogen) atoms. The number of nitrogens with two attached hydrogens (primary N) is 1. The third-order valence-electron chi connectivity index (χ3n) is 3.98. The second-order valence-corrected chi connectivity index (χ2v) is 5.59. The first-order chi connectivity index (χ1) is 10.5. The van der Waals surface area contributed by atoms with Crippen LogP contribution in [0.2, 0.25) is 0 Å². The van der Waals surface area contributed by atoms with Crippen LogP contribution in [0.25, 0.3) is 0 Å². The number of aromatic nitrogens is 2. The summed E-state index contributed by atoms with van der Waals surface area (Å²) in [6.45, 7) is 8.56. The maximum Gasteiger partial charge on any atom is 0.253 e. The van der Waals surface area contributed by atoms with Gasteiger partial charge in [0.15, 0.2) is 5.56 Å². The molecular weight excluding hydrogens is 276 g/mol. The predicted octanol–water partition coefficient (Wildman–Crippen LogP) is 3.50. The highest BCUT2D eigenvalue weighted by molar-refractivity contribution is 5.55. The van der Waals surface area contributed by atoms with E-state index in [0.29, 0.717) is 23.9 Å². The fourth-order valence-electron chi connectivity index (χ4n) is 2.19. The molecule has 2 N–H and O–H groups in total. The van der Waals surface area contributed by atoms with Gasteiger partial charge >= 0.3 is 0 Å². The van der Waals surface area contributed by atoms with E-state index in [9.17, 15) is 5.26 Å². The highest BCUT2D eigenvalue weighted by atomic mass is 16.5. The number of nitrogen functional groups attached to an aromatic ring is 1. The van der Waals surface area contributed by atoms with Gasteiger partial charge in [-0.3, -0.25) is 0 Å². The lowest BCUT2D eigenvalue weighted by Gasteiger charge is -2.10. The molecule has 2 aromatic rings. The number of hydrogen-bond acceptors (Lipinski definition) is 4. The molecule has 0 amide bonds. The van der Waals surface area contributed by atoms with Crippen LogP contribution >= 0.6 is 0 Å². The molecule has 1 atom stereocenters. The Kier molecular flexibility index (Phi) is 4.71. The summed E-state index contributed by atoms with van der Waals surface area (Å²) < 4.78 is 7.39. The lowest BCUT2D eigenvalue weighted by molar-refractivity contribution is 0.286. The highest BCUT2D eigenvalue weighted by Crippen LogP contribution is 2.27. The Balaban J connectivity index is 2.22. The summed E-state index contributed by atoms with van der Waals surface area (Å²) in [6.07, 6.45) is 0.882. The van der Waals surface area contributed by atoms with Crippen LogP contribution in [0.5, 0.6) is 5.88 Å². The van der Waals surface area contributed by atoms with Gasteiger partial charge in [0.05, 0.1) is 6.04 Å². The number of rotatable bonds is 5. The quantitative estimate of drug-likeness (QED) is 0.916. The largest absolute Gasteiger partial charge is 0.471 e. The van der Waals surface area contributed by atoms with Crippen molar-refractivity contribution in [3.05, 3.63) is 40.5 Å². The van der Waals surface area contributed by atoms with Crippen LogP contribution in [-0.4, -0.2) is 9.78 Å². The molecule has 5 heteroatoms. The molecule has 2 rings (SSSR count). The minimum atomic E-state index is 0.131. The maximum absolute atomic E-state index is 9.28. The van der Waals surface area contributed by atoms with Gasteiger partial charge in [0.1, 0.15) is 18.5 Å². The number of nitrogens with zero attached hydrogens (tertiary/aromatic N) is 3. The summed E-state index contributed by atoms with van der Waals surface area (Å²) >= 11 is 0. The molecule has 1 unspecified atom stereocenters. The zero-order valence-electron chi connectivity index (χ0n) is 13.6. The molecule has 116 valence electrons. The number of nitriles is 1. The van der Waals surface area contributed by atoms with Crippen LogP contribution in [0.1, 0.15) is 48.6 Å². The summed E-state index contributed by atoms with van der Waals surface area (Å²) in [7, 11) is 0. The Bertz CT molecular complexity index is 712. The molecule has 0 aliphatic rings. The van der Waals surface area contributed by atoms with Gasteiger partial charge in [0.25, 0.3) is 5.88 Å². The van der Waals surface area contributed by atoms with Gasteiger partial charge in [-0.05, 0) is 43.9 Å². The van der Waals surface area contributed by atoms with E-state index in [1.807, 2.05) is 19.9 Å². The topological polar surface area (TPSA) is 76.9 Å². The average Bonchev–Trinajstić information content (AvgIpc) is 2.83. The fraction of sp³-hybridized carbons (Fsp3) is 0.412. The zero-order chi connectivity index (χ0) is 16.3. The molecule has 0 saturated carbocycles. The Labute approximate surface area is 131 Å². The van der Waals surface area contributed by atoms with E-state index >= 15 is 0 Å². The Morgan fingerprint density at radius 3 is 2.68 bits per heavy atom. The van der Waals surface area contributed by atoms with Crippen LogP contribution in [0.4, 0.5) is 5.82 Å². The van der Waals surface area contributed by atoms with E-state index < -0.39 is 0 Å². The van der Waals surface area contributed by atoms with Gasteiger partial charge in [0, 0.05) is 0 Å². The fourth-order valence-corrected chi connectivity index (χ4v) is 2.19. The molecule has 0 bridgehead atoms. The van der Waals surface area contributed by atoms with Crippen LogP contribution < -0.4 is 10.5 Å². The summed E-state index contributed by atoms with van der Waals surface area (Å²) in [5, 5.41) is 13.6. The van der Waals surface area contributed by atoms with E-state index in [1.165, 1.54) is 11.1 Å². The Morgan fingerprint density at radius 1 is 1.36 bits per heavy atom.